The zero-order valence-electron chi connectivity index (χ0n) is 16.3. The predicted octanol–water partition coefficient (Wildman–Crippen LogP) is 4.77. The molecule has 3 unspecified atom stereocenters. The van der Waals surface area contributed by atoms with Gasteiger partial charge in [0, 0.05) is 6.54 Å². The summed E-state index contributed by atoms with van der Waals surface area (Å²) in [5, 5.41) is 9.44. The molecule has 4 nitrogen and oxygen atoms in total. The lowest BCUT2D eigenvalue weighted by molar-refractivity contribution is -0.142. The van der Waals surface area contributed by atoms with Crippen molar-refractivity contribution in [1.82, 2.24) is 4.90 Å². The summed E-state index contributed by atoms with van der Waals surface area (Å²) in [6.45, 7) is 10.4. The van der Waals surface area contributed by atoms with Gasteiger partial charge in [-0.3, -0.25) is 9.69 Å². The second-order valence-electron chi connectivity index (χ2n) is 7.39. The van der Waals surface area contributed by atoms with Gasteiger partial charge in [0.1, 0.15) is 11.8 Å². The molecule has 0 spiro atoms. The molecular formula is C21H33NO3. The molecule has 25 heavy (non-hydrogen) atoms. The Morgan fingerprint density at radius 1 is 1.24 bits per heavy atom. The summed E-state index contributed by atoms with van der Waals surface area (Å²) in [6, 6.07) is 4.12. The summed E-state index contributed by atoms with van der Waals surface area (Å²) in [5.41, 5.74) is 3.72. The van der Waals surface area contributed by atoms with Gasteiger partial charge in [0.05, 0.1) is 7.11 Å². The minimum Gasteiger partial charge on any atom is -0.496 e. The van der Waals surface area contributed by atoms with E-state index in [4.69, 9.17) is 4.74 Å². The molecule has 0 aromatic heterocycles. The summed E-state index contributed by atoms with van der Waals surface area (Å²) >= 11 is 0. The number of carbonyl (C=O) groups is 1. The van der Waals surface area contributed by atoms with Crippen molar-refractivity contribution in [3.05, 3.63) is 28.8 Å². The molecule has 3 atom stereocenters. The molecular weight excluding hydrogens is 314 g/mol. The number of ether oxygens (including phenoxy) is 1. The molecule has 140 valence electrons. The minimum atomic E-state index is -0.699. The molecule has 1 aromatic rings. The molecule has 1 saturated heterocycles. The van der Waals surface area contributed by atoms with Crippen LogP contribution in [0.15, 0.2) is 12.1 Å². The Kier molecular flexibility index (Phi) is 6.88. The van der Waals surface area contributed by atoms with Crippen LogP contribution in [0, 0.1) is 0 Å². The lowest BCUT2D eigenvalue weighted by Crippen LogP contribution is -2.35. The van der Waals surface area contributed by atoms with Crippen molar-refractivity contribution in [2.24, 2.45) is 0 Å². The van der Waals surface area contributed by atoms with E-state index >= 15 is 0 Å². The topological polar surface area (TPSA) is 49.8 Å². The molecule has 4 heteroatoms. The van der Waals surface area contributed by atoms with E-state index in [1.807, 2.05) is 0 Å². The van der Waals surface area contributed by atoms with Crippen molar-refractivity contribution in [2.45, 2.75) is 77.8 Å². The summed E-state index contributed by atoms with van der Waals surface area (Å²) in [5.74, 6) is 1.16. The van der Waals surface area contributed by atoms with Crippen LogP contribution in [0.2, 0.25) is 0 Å². The molecule has 1 heterocycles. The average Bonchev–Trinajstić information content (AvgIpc) is 3.07. The molecule has 1 aliphatic rings. The lowest BCUT2D eigenvalue weighted by atomic mass is 9.88. The maximum Gasteiger partial charge on any atom is 0.320 e. The van der Waals surface area contributed by atoms with Gasteiger partial charge >= 0.3 is 5.97 Å². The summed E-state index contributed by atoms with van der Waals surface area (Å²) in [7, 11) is 1.76. The third-order valence-corrected chi connectivity index (χ3v) is 5.73. The van der Waals surface area contributed by atoms with Gasteiger partial charge in [-0.2, -0.15) is 0 Å². The highest BCUT2D eigenvalue weighted by Crippen LogP contribution is 2.38. The maximum atomic E-state index is 11.5. The molecule has 0 saturated carbocycles. The van der Waals surface area contributed by atoms with Gasteiger partial charge in [-0.15, -0.1) is 0 Å². The van der Waals surface area contributed by atoms with E-state index in [1.165, 1.54) is 16.7 Å². The molecule has 0 amide bonds. The number of carboxylic acid groups (broad SMARTS) is 1. The summed E-state index contributed by atoms with van der Waals surface area (Å²) in [4.78, 5) is 13.6. The van der Waals surface area contributed by atoms with Gasteiger partial charge in [-0.25, -0.2) is 0 Å². The predicted molar refractivity (Wildman–Crippen MR) is 101 cm³/mol. The minimum absolute atomic E-state index is 0.346. The van der Waals surface area contributed by atoms with Crippen LogP contribution in [0.4, 0.5) is 0 Å². The zero-order chi connectivity index (χ0) is 18.6. The number of nitrogens with zero attached hydrogens (tertiary/aromatic N) is 1. The van der Waals surface area contributed by atoms with Crippen molar-refractivity contribution in [2.75, 3.05) is 13.7 Å². The summed E-state index contributed by atoms with van der Waals surface area (Å²) < 4.78 is 5.80. The molecule has 1 aliphatic heterocycles. The third kappa shape index (κ3) is 4.35. The average molecular weight is 347 g/mol. The van der Waals surface area contributed by atoms with Gasteiger partial charge < -0.3 is 9.84 Å². The Balaban J connectivity index is 2.42. The van der Waals surface area contributed by atoms with Gasteiger partial charge in [0.25, 0.3) is 0 Å². The highest BCUT2D eigenvalue weighted by atomic mass is 16.5. The molecule has 1 aromatic carbocycles. The normalized spacial score (nSPS) is 20.4. The number of hydrogen-bond acceptors (Lipinski definition) is 3. The van der Waals surface area contributed by atoms with Crippen LogP contribution >= 0.6 is 0 Å². The van der Waals surface area contributed by atoms with E-state index < -0.39 is 5.97 Å². The van der Waals surface area contributed by atoms with E-state index in [1.54, 1.807) is 7.11 Å². The van der Waals surface area contributed by atoms with Crippen LogP contribution in [0.25, 0.3) is 0 Å². The van der Waals surface area contributed by atoms with E-state index in [0.29, 0.717) is 18.4 Å². The fourth-order valence-corrected chi connectivity index (χ4v) is 3.77. The molecule has 1 fully saturated rings. The van der Waals surface area contributed by atoms with Gasteiger partial charge in [-0.05, 0) is 60.8 Å². The van der Waals surface area contributed by atoms with Crippen LogP contribution in [-0.4, -0.2) is 35.7 Å². The van der Waals surface area contributed by atoms with E-state index in [0.717, 1.165) is 38.0 Å². The fourth-order valence-electron chi connectivity index (χ4n) is 3.77. The Morgan fingerprint density at radius 2 is 1.80 bits per heavy atom. The van der Waals surface area contributed by atoms with E-state index in [2.05, 4.69) is 44.7 Å². The number of methoxy groups -OCH3 is 1. The first kappa shape index (κ1) is 19.8. The molecule has 0 radical (unpaired) electrons. The van der Waals surface area contributed by atoms with Gasteiger partial charge in [-0.1, -0.05) is 39.8 Å². The van der Waals surface area contributed by atoms with Crippen LogP contribution in [-0.2, 0) is 11.3 Å². The molecule has 0 aliphatic carbocycles. The number of aliphatic carboxylic acids is 1. The largest absolute Gasteiger partial charge is 0.496 e. The number of hydrogen-bond donors (Lipinski definition) is 1. The molecule has 2 rings (SSSR count). The number of likely N-dealkylation sites (tertiary alicyclic amines) is 1. The van der Waals surface area contributed by atoms with Crippen LogP contribution in [0.1, 0.15) is 81.9 Å². The number of carboxylic acids is 1. The van der Waals surface area contributed by atoms with Crippen LogP contribution < -0.4 is 4.74 Å². The van der Waals surface area contributed by atoms with Crippen molar-refractivity contribution in [3.63, 3.8) is 0 Å². The Morgan fingerprint density at radius 3 is 2.24 bits per heavy atom. The van der Waals surface area contributed by atoms with E-state index in [9.17, 15) is 9.90 Å². The second-order valence-corrected chi connectivity index (χ2v) is 7.39. The molecule has 1 N–H and O–H groups in total. The van der Waals surface area contributed by atoms with Crippen molar-refractivity contribution >= 4 is 5.97 Å². The number of benzene rings is 1. The van der Waals surface area contributed by atoms with Crippen molar-refractivity contribution in [1.29, 1.82) is 0 Å². The zero-order valence-corrected chi connectivity index (χ0v) is 16.3. The Bertz CT molecular complexity index is 568. The highest BCUT2D eigenvalue weighted by Gasteiger charge is 2.30. The van der Waals surface area contributed by atoms with Crippen LogP contribution in [0.5, 0.6) is 5.75 Å². The molecule has 0 bridgehead atoms. The first-order valence-corrected chi connectivity index (χ1v) is 9.60. The maximum absolute atomic E-state index is 11.5. The second kappa shape index (κ2) is 8.70. The first-order valence-electron chi connectivity index (χ1n) is 9.60. The quantitative estimate of drug-likeness (QED) is 0.736. The Labute approximate surface area is 152 Å². The lowest BCUT2D eigenvalue weighted by Gasteiger charge is -2.25. The fraction of sp³-hybridized carbons (Fsp3) is 0.667. The highest BCUT2D eigenvalue weighted by molar-refractivity contribution is 5.73. The SMILES string of the molecule is CCC(C)c1cc(CN2CCCC2C(=O)O)cc(C(C)CC)c1OC. The van der Waals surface area contributed by atoms with Crippen molar-refractivity contribution < 1.29 is 14.6 Å². The van der Waals surface area contributed by atoms with Crippen molar-refractivity contribution in [3.8, 4) is 5.75 Å². The van der Waals surface area contributed by atoms with Gasteiger partial charge in [0.15, 0.2) is 0 Å². The smallest absolute Gasteiger partial charge is 0.320 e. The van der Waals surface area contributed by atoms with Gasteiger partial charge in [0.2, 0.25) is 0 Å². The standard InChI is InChI=1S/C21H33NO3/c1-6-14(3)17-11-16(12-18(15(4)7-2)20(17)25-5)13-22-10-8-9-19(22)21(23)24/h11-12,14-15,19H,6-10,13H2,1-5H3,(H,23,24). The monoisotopic (exact) mass is 347 g/mol. The van der Waals surface area contributed by atoms with E-state index in [-0.39, 0.29) is 6.04 Å². The Hall–Kier alpha value is -1.55. The number of rotatable bonds is 8. The third-order valence-electron chi connectivity index (χ3n) is 5.73. The summed E-state index contributed by atoms with van der Waals surface area (Å²) in [6.07, 6.45) is 3.83. The van der Waals surface area contributed by atoms with Crippen LogP contribution in [0.3, 0.4) is 0 Å². The first-order chi connectivity index (χ1) is 11.9.